The Morgan fingerprint density at radius 3 is 2.92 bits per heavy atom. The van der Waals surface area contributed by atoms with Crippen molar-refractivity contribution in [2.75, 3.05) is 12.8 Å². The monoisotopic (exact) mass is 374 g/mol. The number of aryl methyl sites for hydroxylation is 1. The number of hydrogen-bond donors (Lipinski definition) is 1. The molecule has 1 aromatic heterocycles. The number of carbonyl (C=O) groups is 1. The summed E-state index contributed by atoms with van der Waals surface area (Å²) >= 11 is 1.62. The van der Waals surface area contributed by atoms with Crippen molar-refractivity contribution < 1.29 is 9.53 Å². The minimum atomic E-state index is -0.417. The quantitative estimate of drug-likeness (QED) is 0.568. The number of benzene rings is 1. The zero-order valence-corrected chi connectivity index (χ0v) is 16.4. The minimum absolute atomic E-state index is 0.0466. The SMILES string of the molecule is CSc1nnc(CCCNC(=O)C2Cc3ccccc3O2)n1CC(C)C. The van der Waals surface area contributed by atoms with Crippen LogP contribution in [0.2, 0.25) is 0 Å². The molecule has 0 radical (unpaired) electrons. The summed E-state index contributed by atoms with van der Waals surface area (Å²) in [5.41, 5.74) is 1.10. The molecular formula is C19H26N4O2S. The van der Waals surface area contributed by atoms with E-state index in [1.54, 1.807) is 11.8 Å². The Bertz CT molecular complexity index is 735. The maximum absolute atomic E-state index is 12.3. The summed E-state index contributed by atoms with van der Waals surface area (Å²) in [6, 6.07) is 7.81. The Morgan fingerprint density at radius 2 is 2.19 bits per heavy atom. The van der Waals surface area contributed by atoms with E-state index in [9.17, 15) is 4.79 Å². The van der Waals surface area contributed by atoms with Crippen molar-refractivity contribution in [2.24, 2.45) is 5.92 Å². The van der Waals surface area contributed by atoms with Crippen molar-refractivity contribution >= 4 is 17.7 Å². The summed E-state index contributed by atoms with van der Waals surface area (Å²) in [4.78, 5) is 12.3. The molecule has 0 fully saturated rings. The fourth-order valence-electron chi connectivity index (χ4n) is 3.10. The Balaban J connectivity index is 1.46. The van der Waals surface area contributed by atoms with E-state index >= 15 is 0 Å². The van der Waals surface area contributed by atoms with E-state index in [-0.39, 0.29) is 5.91 Å². The summed E-state index contributed by atoms with van der Waals surface area (Å²) < 4.78 is 7.91. The Hall–Kier alpha value is -2.02. The number of amides is 1. The molecule has 0 saturated heterocycles. The van der Waals surface area contributed by atoms with Gasteiger partial charge in [0, 0.05) is 25.9 Å². The molecular weight excluding hydrogens is 348 g/mol. The van der Waals surface area contributed by atoms with Gasteiger partial charge in [-0.05, 0) is 30.2 Å². The summed E-state index contributed by atoms with van der Waals surface area (Å²) in [6.45, 7) is 5.90. The molecule has 3 rings (SSSR count). The van der Waals surface area contributed by atoms with Crippen LogP contribution in [0.4, 0.5) is 0 Å². The third-order valence-corrected chi connectivity index (χ3v) is 5.01. The van der Waals surface area contributed by atoms with E-state index < -0.39 is 6.10 Å². The predicted molar refractivity (Wildman–Crippen MR) is 103 cm³/mol. The van der Waals surface area contributed by atoms with Crippen LogP contribution < -0.4 is 10.1 Å². The first-order valence-electron chi connectivity index (χ1n) is 9.06. The molecule has 0 spiro atoms. The molecule has 1 aliphatic heterocycles. The van der Waals surface area contributed by atoms with Crippen molar-refractivity contribution in [3.05, 3.63) is 35.7 Å². The van der Waals surface area contributed by atoms with Gasteiger partial charge in [0.2, 0.25) is 0 Å². The molecule has 1 N–H and O–H groups in total. The fourth-order valence-corrected chi connectivity index (χ4v) is 3.63. The van der Waals surface area contributed by atoms with Gasteiger partial charge in [0.1, 0.15) is 11.6 Å². The van der Waals surface area contributed by atoms with Crippen LogP contribution in [-0.2, 0) is 24.2 Å². The van der Waals surface area contributed by atoms with Crippen LogP contribution in [-0.4, -0.2) is 39.6 Å². The van der Waals surface area contributed by atoms with Gasteiger partial charge in [-0.15, -0.1) is 10.2 Å². The smallest absolute Gasteiger partial charge is 0.261 e. The highest BCUT2D eigenvalue weighted by Crippen LogP contribution is 2.28. The first-order chi connectivity index (χ1) is 12.6. The summed E-state index contributed by atoms with van der Waals surface area (Å²) in [5, 5.41) is 12.5. The zero-order valence-electron chi connectivity index (χ0n) is 15.6. The second kappa shape index (κ2) is 8.58. The second-order valence-electron chi connectivity index (χ2n) is 6.92. The predicted octanol–water partition coefficient (Wildman–Crippen LogP) is 2.71. The van der Waals surface area contributed by atoms with Crippen LogP contribution in [0.5, 0.6) is 5.75 Å². The molecule has 1 aliphatic rings. The lowest BCUT2D eigenvalue weighted by molar-refractivity contribution is -0.127. The first-order valence-corrected chi connectivity index (χ1v) is 10.3. The number of nitrogens with zero attached hydrogens (tertiary/aromatic N) is 3. The number of aromatic nitrogens is 3. The van der Waals surface area contributed by atoms with E-state index in [0.29, 0.717) is 18.9 Å². The molecule has 1 atom stereocenters. The van der Waals surface area contributed by atoms with E-state index in [1.807, 2.05) is 30.5 Å². The number of hydrogen-bond acceptors (Lipinski definition) is 5. The molecule has 0 bridgehead atoms. The first kappa shape index (κ1) is 18.8. The molecule has 6 nitrogen and oxygen atoms in total. The average molecular weight is 375 g/mol. The molecule has 1 amide bonds. The standard InChI is InChI=1S/C19H26N4O2S/c1-13(2)12-23-17(21-22-19(23)26-3)9-6-10-20-18(24)16-11-14-7-4-5-8-15(14)25-16/h4-5,7-8,13,16H,6,9-12H2,1-3H3,(H,20,24). The third kappa shape index (κ3) is 4.38. The third-order valence-electron chi connectivity index (χ3n) is 4.34. The van der Waals surface area contributed by atoms with Crippen LogP contribution in [0.3, 0.4) is 0 Å². The van der Waals surface area contributed by atoms with Crippen molar-refractivity contribution in [1.29, 1.82) is 0 Å². The molecule has 0 saturated carbocycles. The molecule has 2 aromatic rings. The molecule has 1 aromatic carbocycles. The Morgan fingerprint density at radius 1 is 1.38 bits per heavy atom. The Kier molecular flexibility index (Phi) is 6.19. The van der Waals surface area contributed by atoms with Gasteiger partial charge < -0.3 is 14.6 Å². The molecule has 140 valence electrons. The second-order valence-corrected chi connectivity index (χ2v) is 7.69. The topological polar surface area (TPSA) is 69.0 Å². The van der Waals surface area contributed by atoms with Crippen LogP contribution in [0, 0.1) is 5.92 Å². The molecule has 7 heteroatoms. The Labute approximate surface area is 158 Å². The molecule has 26 heavy (non-hydrogen) atoms. The number of nitrogens with one attached hydrogen (secondary N) is 1. The van der Waals surface area contributed by atoms with E-state index in [2.05, 4.69) is 33.9 Å². The average Bonchev–Trinajstić information content (AvgIpc) is 3.22. The van der Waals surface area contributed by atoms with Gasteiger partial charge in [0.05, 0.1) is 0 Å². The van der Waals surface area contributed by atoms with Crippen molar-refractivity contribution in [3.8, 4) is 5.75 Å². The van der Waals surface area contributed by atoms with Crippen molar-refractivity contribution in [1.82, 2.24) is 20.1 Å². The van der Waals surface area contributed by atoms with Crippen molar-refractivity contribution in [3.63, 3.8) is 0 Å². The molecule has 0 aliphatic carbocycles. The minimum Gasteiger partial charge on any atom is -0.480 e. The highest BCUT2D eigenvalue weighted by Gasteiger charge is 2.28. The van der Waals surface area contributed by atoms with Gasteiger partial charge in [-0.3, -0.25) is 4.79 Å². The van der Waals surface area contributed by atoms with Gasteiger partial charge in [0.15, 0.2) is 11.3 Å². The fraction of sp³-hybridized carbons (Fsp3) is 0.526. The summed E-state index contributed by atoms with van der Waals surface area (Å²) in [5.74, 6) is 2.30. The molecule has 2 heterocycles. The van der Waals surface area contributed by atoms with Crippen LogP contribution in [0.25, 0.3) is 0 Å². The number of carbonyl (C=O) groups excluding carboxylic acids is 1. The van der Waals surface area contributed by atoms with Gasteiger partial charge in [-0.25, -0.2) is 0 Å². The molecule has 1 unspecified atom stereocenters. The van der Waals surface area contributed by atoms with Gasteiger partial charge in [-0.1, -0.05) is 43.8 Å². The lowest BCUT2D eigenvalue weighted by Crippen LogP contribution is -2.38. The van der Waals surface area contributed by atoms with Gasteiger partial charge in [-0.2, -0.15) is 0 Å². The van der Waals surface area contributed by atoms with Crippen LogP contribution >= 0.6 is 11.8 Å². The largest absolute Gasteiger partial charge is 0.480 e. The highest BCUT2D eigenvalue weighted by atomic mass is 32.2. The normalized spacial score (nSPS) is 15.8. The van der Waals surface area contributed by atoms with Gasteiger partial charge >= 0.3 is 0 Å². The summed E-state index contributed by atoms with van der Waals surface area (Å²) in [7, 11) is 0. The van der Waals surface area contributed by atoms with Crippen molar-refractivity contribution in [2.45, 2.75) is 50.9 Å². The van der Waals surface area contributed by atoms with Crippen LogP contribution in [0.15, 0.2) is 29.4 Å². The van der Waals surface area contributed by atoms with Crippen LogP contribution in [0.1, 0.15) is 31.7 Å². The van der Waals surface area contributed by atoms with E-state index in [4.69, 9.17) is 4.74 Å². The van der Waals surface area contributed by atoms with E-state index in [1.165, 1.54) is 0 Å². The lowest BCUT2D eigenvalue weighted by atomic mass is 10.1. The maximum Gasteiger partial charge on any atom is 0.261 e. The number of fused-ring (bicyclic) bond motifs is 1. The van der Waals surface area contributed by atoms with Gasteiger partial charge in [0.25, 0.3) is 5.91 Å². The number of thioether (sulfide) groups is 1. The number of ether oxygens (including phenoxy) is 1. The lowest BCUT2D eigenvalue weighted by Gasteiger charge is -2.13. The zero-order chi connectivity index (χ0) is 18.5. The highest BCUT2D eigenvalue weighted by molar-refractivity contribution is 7.98. The summed E-state index contributed by atoms with van der Waals surface area (Å²) in [6.07, 6.45) is 3.87. The van der Waals surface area contributed by atoms with E-state index in [0.717, 1.165) is 41.7 Å². The maximum atomic E-state index is 12.3. The number of para-hydroxylation sites is 1. The number of rotatable bonds is 8.